The third-order valence-electron chi connectivity index (χ3n) is 8.58. The van der Waals surface area contributed by atoms with Crippen molar-refractivity contribution in [2.75, 3.05) is 0 Å². The van der Waals surface area contributed by atoms with Crippen LogP contribution in [0.5, 0.6) is 0 Å². The van der Waals surface area contributed by atoms with Gasteiger partial charge in [0, 0.05) is 10.3 Å². The molecule has 27 heavy (non-hydrogen) atoms. The Bertz CT molecular complexity index is 819. The summed E-state index contributed by atoms with van der Waals surface area (Å²) in [6.07, 6.45) is 11.6. The molecule has 144 valence electrons. The van der Waals surface area contributed by atoms with Gasteiger partial charge in [0.2, 0.25) is 0 Å². The highest BCUT2D eigenvalue weighted by Crippen LogP contribution is 2.64. The van der Waals surface area contributed by atoms with E-state index in [1.54, 1.807) is 11.3 Å². The Labute approximate surface area is 166 Å². The molecule has 2 nitrogen and oxygen atoms in total. The minimum absolute atomic E-state index is 0.150. The van der Waals surface area contributed by atoms with Crippen LogP contribution in [0.1, 0.15) is 63.7 Å². The molecule has 0 saturated heterocycles. The van der Waals surface area contributed by atoms with E-state index in [1.807, 2.05) is 0 Å². The van der Waals surface area contributed by atoms with Crippen molar-refractivity contribution in [1.82, 2.24) is 0 Å². The summed E-state index contributed by atoms with van der Waals surface area (Å²) in [6, 6.07) is 4.18. The van der Waals surface area contributed by atoms with Gasteiger partial charge in [-0.2, -0.15) is 0 Å². The number of thiophene rings is 1. The Morgan fingerprint density at radius 1 is 1.15 bits per heavy atom. The second-order valence-corrected chi connectivity index (χ2v) is 10.8. The Morgan fingerprint density at radius 3 is 2.74 bits per heavy atom. The van der Waals surface area contributed by atoms with Crippen molar-refractivity contribution in [3.05, 3.63) is 39.6 Å². The van der Waals surface area contributed by atoms with Gasteiger partial charge in [-0.1, -0.05) is 31.6 Å². The summed E-state index contributed by atoms with van der Waals surface area (Å²) < 4.78 is 0. The molecule has 1 aromatic heterocycles. The molecule has 0 spiro atoms. The van der Waals surface area contributed by atoms with E-state index in [1.165, 1.54) is 16.9 Å². The number of hydrogen-bond donors (Lipinski definition) is 1. The molecule has 0 aliphatic heterocycles. The van der Waals surface area contributed by atoms with Crippen LogP contribution in [-0.4, -0.2) is 17.0 Å². The van der Waals surface area contributed by atoms with Gasteiger partial charge in [0.25, 0.3) is 0 Å². The van der Waals surface area contributed by atoms with Crippen LogP contribution in [0.15, 0.2) is 34.7 Å². The summed E-state index contributed by atoms with van der Waals surface area (Å²) in [4.78, 5) is 14.6. The number of hydrogen-bond acceptors (Lipinski definition) is 3. The van der Waals surface area contributed by atoms with Crippen LogP contribution in [0.2, 0.25) is 0 Å². The first-order valence-corrected chi connectivity index (χ1v) is 11.5. The molecule has 0 aromatic carbocycles. The number of carbonyl (C=O) groups is 1. The van der Waals surface area contributed by atoms with Crippen LogP contribution in [-0.2, 0) is 4.79 Å². The molecule has 1 N–H and O–H groups in total. The van der Waals surface area contributed by atoms with Gasteiger partial charge < -0.3 is 5.11 Å². The molecule has 6 atom stereocenters. The molecule has 1 aromatic rings. The summed E-state index contributed by atoms with van der Waals surface area (Å²) in [7, 11) is 0. The quantitative estimate of drug-likeness (QED) is 0.504. The SMILES string of the molecule is C[C@]12CC[C@@H](O)CC1=CC[C@H]1[C@H]2CC[C@]2(C)C(=O)/C(=C/c3cccs3)C[C@H]12. The lowest BCUT2D eigenvalue weighted by atomic mass is 9.48. The van der Waals surface area contributed by atoms with Gasteiger partial charge in [-0.05, 0) is 91.2 Å². The number of allylic oxidation sites excluding steroid dienone is 2. The van der Waals surface area contributed by atoms with Crippen molar-refractivity contribution in [3.63, 3.8) is 0 Å². The second-order valence-electron chi connectivity index (χ2n) is 9.83. The van der Waals surface area contributed by atoms with Crippen LogP contribution in [0, 0.1) is 28.6 Å². The van der Waals surface area contributed by atoms with Crippen LogP contribution in [0.3, 0.4) is 0 Å². The summed E-state index contributed by atoms with van der Waals surface area (Å²) >= 11 is 1.72. The maximum atomic E-state index is 13.4. The average Bonchev–Trinajstić information content (AvgIpc) is 3.24. The molecule has 0 bridgehead atoms. The van der Waals surface area contributed by atoms with Gasteiger partial charge in [0.05, 0.1) is 6.10 Å². The summed E-state index contributed by atoms with van der Waals surface area (Å²) in [5, 5.41) is 12.2. The molecule has 3 heteroatoms. The Balaban J connectivity index is 1.49. The predicted molar refractivity (Wildman–Crippen MR) is 110 cm³/mol. The van der Waals surface area contributed by atoms with Gasteiger partial charge >= 0.3 is 0 Å². The number of carbonyl (C=O) groups excluding carboxylic acids is 1. The molecule has 0 amide bonds. The summed E-state index contributed by atoms with van der Waals surface area (Å²) in [5.41, 5.74) is 2.64. The highest BCUT2D eigenvalue weighted by atomic mass is 32.1. The minimum Gasteiger partial charge on any atom is -0.393 e. The lowest BCUT2D eigenvalue weighted by molar-refractivity contribution is -0.130. The zero-order valence-electron chi connectivity index (χ0n) is 16.4. The van der Waals surface area contributed by atoms with Crippen molar-refractivity contribution < 1.29 is 9.90 Å². The Morgan fingerprint density at radius 2 is 1.96 bits per heavy atom. The van der Waals surface area contributed by atoms with E-state index in [4.69, 9.17) is 0 Å². The molecule has 3 fully saturated rings. The molecule has 4 aliphatic rings. The van der Waals surface area contributed by atoms with E-state index < -0.39 is 0 Å². The Hall–Kier alpha value is -1.19. The van der Waals surface area contributed by atoms with Crippen molar-refractivity contribution in [2.24, 2.45) is 28.6 Å². The lowest BCUT2D eigenvalue weighted by Gasteiger charge is -2.56. The molecular weight excluding hydrogens is 352 g/mol. The molecule has 4 aliphatic carbocycles. The van der Waals surface area contributed by atoms with Crippen molar-refractivity contribution in [3.8, 4) is 0 Å². The van der Waals surface area contributed by atoms with Crippen LogP contribution in [0.25, 0.3) is 6.08 Å². The van der Waals surface area contributed by atoms with Gasteiger partial charge in [-0.25, -0.2) is 0 Å². The molecular formula is C24H30O2S. The molecule has 3 saturated carbocycles. The topological polar surface area (TPSA) is 37.3 Å². The molecule has 0 unspecified atom stereocenters. The largest absolute Gasteiger partial charge is 0.393 e. The lowest BCUT2D eigenvalue weighted by Crippen LogP contribution is -2.50. The number of aliphatic hydroxyl groups excluding tert-OH is 1. The monoisotopic (exact) mass is 382 g/mol. The fourth-order valence-corrected chi connectivity index (χ4v) is 7.67. The zero-order valence-corrected chi connectivity index (χ0v) is 17.2. The fraction of sp³-hybridized carbons (Fsp3) is 0.625. The molecule has 5 rings (SSSR count). The highest BCUT2D eigenvalue weighted by molar-refractivity contribution is 7.10. The summed E-state index contributed by atoms with van der Waals surface area (Å²) in [6.45, 7) is 4.70. The second kappa shape index (κ2) is 6.15. The van der Waals surface area contributed by atoms with Gasteiger partial charge in [0.1, 0.15) is 0 Å². The maximum absolute atomic E-state index is 13.4. The van der Waals surface area contributed by atoms with E-state index in [9.17, 15) is 9.90 Å². The predicted octanol–water partition coefficient (Wildman–Crippen LogP) is 5.63. The fourth-order valence-electron chi connectivity index (χ4n) is 6.99. The first-order chi connectivity index (χ1) is 12.9. The first-order valence-electron chi connectivity index (χ1n) is 10.6. The number of ketones is 1. The van der Waals surface area contributed by atoms with E-state index in [0.717, 1.165) is 44.1 Å². The van der Waals surface area contributed by atoms with Crippen molar-refractivity contribution >= 4 is 23.2 Å². The zero-order chi connectivity index (χ0) is 18.8. The molecule has 0 radical (unpaired) electrons. The van der Waals surface area contributed by atoms with Crippen LogP contribution >= 0.6 is 11.3 Å². The maximum Gasteiger partial charge on any atom is 0.165 e. The molecule has 1 heterocycles. The van der Waals surface area contributed by atoms with Gasteiger partial charge in [-0.3, -0.25) is 4.79 Å². The van der Waals surface area contributed by atoms with Gasteiger partial charge in [-0.15, -0.1) is 11.3 Å². The number of fused-ring (bicyclic) bond motifs is 5. The summed E-state index contributed by atoms with van der Waals surface area (Å²) in [5.74, 6) is 2.19. The normalized spacial score (nSPS) is 45.2. The van der Waals surface area contributed by atoms with E-state index in [-0.39, 0.29) is 16.9 Å². The van der Waals surface area contributed by atoms with E-state index in [2.05, 4.69) is 43.5 Å². The van der Waals surface area contributed by atoms with E-state index in [0.29, 0.717) is 23.5 Å². The standard InChI is InChI=1S/C24H30O2S/c1-23-9-7-17(25)14-16(23)5-6-19-20(23)8-10-24(2)21(19)13-15(22(24)26)12-18-4-3-11-27-18/h3-5,11-12,17,19-21,25H,6-10,13-14H2,1-2H3/b15-12+/t17-,19+,20-,21-,23+,24+/m1/s1. The smallest absolute Gasteiger partial charge is 0.165 e. The van der Waals surface area contributed by atoms with Crippen molar-refractivity contribution in [1.29, 1.82) is 0 Å². The van der Waals surface area contributed by atoms with Crippen LogP contribution in [0.4, 0.5) is 0 Å². The minimum atomic E-state index is -0.167. The number of aliphatic hydroxyl groups is 1. The van der Waals surface area contributed by atoms with Crippen molar-refractivity contribution in [2.45, 2.75) is 64.9 Å². The number of rotatable bonds is 1. The first kappa shape index (κ1) is 17.9. The third-order valence-corrected chi connectivity index (χ3v) is 9.40. The van der Waals surface area contributed by atoms with E-state index >= 15 is 0 Å². The van der Waals surface area contributed by atoms with Crippen LogP contribution < -0.4 is 0 Å². The number of Topliss-reactive ketones (excluding diaryl/α,β-unsaturated/α-hetero) is 1. The third kappa shape index (κ3) is 2.57. The average molecular weight is 383 g/mol. The highest BCUT2D eigenvalue weighted by Gasteiger charge is 2.59. The van der Waals surface area contributed by atoms with Gasteiger partial charge in [0.15, 0.2) is 5.78 Å². The Kier molecular flexibility index (Phi) is 4.07.